The minimum absolute atomic E-state index is 0.00830. The van der Waals surface area contributed by atoms with Crippen LogP contribution in [0.1, 0.15) is 25.6 Å². The molecule has 0 fully saturated rings. The van der Waals surface area contributed by atoms with Gasteiger partial charge in [-0.25, -0.2) is 4.79 Å². The lowest BCUT2D eigenvalue weighted by molar-refractivity contribution is 0.233. The van der Waals surface area contributed by atoms with Crippen molar-refractivity contribution in [3.05, 3.63) is 48.4 Å². The third-order valence-corrected chi connectivity index (χ3v) is 4.53. The third kappa shape index (κ3) is 5.32. The quantitative estimate of drug-likeness (QED) is 0.737. The summed E-state index contributed by atoms with van der Waals surface area (Å²) < 4.78 is 5.45. The Labute approximate surface area is 147 Å². The molecule has 5 nitrogen and oxygen atoms in total. The Morgan fingerprint density at radius 1 is 1.21 bits per heavy atom. The minimum Gasteiger partial charge on any atom is -0.468 e. The van der Waals surface area contributed by atoms with E-state index in [1.54, 1.807) is 18.0 Å². The van der Waals surface area contributed by atoms with Gasteiger partial charge >= 0.3 is 6.03 Å². The Hall–Kier alpha value is -1.92. The number of anilines is 1. The Bertz CT molecular complexity index is 641. The summed E-state index contributed by atoms with van der Waals surface area (Å²) in [6.45, 7) is 4.73. The van der Waals surface area contributed by atoms with E-state index in [1.165, 1.54) is 0 Å². The van der Waals surface area contributed by atoms with Crippen LogP contribution >= 0.6 is 11.8 Å². The molecule has 2 aromatic rings. The van der Waals surface area contributed by atoms with Crippen LogP contribution in [0.5, 0.6) is 0 Å². The van der Waals surface area contributed by atoms with Crippen LogP contribution in [0.3, 0.4) is 0 Å². The fraction of sp³-hybridized carbons (Fsp3) is 0.389. The molecule has 1 aromatic heterocycles. The zero-order chi connectivity index (χ0) is 17.5. The molecule has 0 aliphatic rings. The molecule has 0 saturated heterocycles. The van der Waals surface area contributed by atoms with Crippen LogP contribution in [0.2, 0.25) is 0 Å². The van der Waals surface area contributed by atoms with Crippen molar-refractivity contribution >= 4 is 23.5 Å². The maximum Gasteiger partial charge on any atom is 0.319 e. The Morgan fingerprint density at radius 2 is 1.96 bits per heavy atom. The molecule has 1 aromatic carbocycles. The molecule has 0 aliphatic heterocycles. The Balaban J connectivity index is 1.96. The molecular formula is C18H25N3O2S. The average Bonchev–Trinajstić information content (AvgIpc) is 3.02. The highest BCUT2D eigenvalue weighted by atomic mass is 32.2. The van der Waals surface area contributed by atoms with Gasteiger partial charge in [0.1, 0.15) is 5.76 Å². The van der Waals surface area contributed by atoms with E-state index in [-0.39, 0.29) is 12.1 Å². The molecule has 1 atom stereocenters. The van der Waals surface area contributed by atoms with Gasteiger partial charge in [-0.2, -0.15) is 0 Å². The highest BCUT2D eigenvalue weighted by Gasteiger charge is 2.18. The lowest BCUT2D eigenvalue weighted by Gasteiger charge is -2.22. The van der Waals surface area contributed by atoms with Crippen molar-refractivity contribution in [1.29, 1.82) is 0 Å². The molecule has 0 bridgehead atoms. The fourth-order valence-electron chi connectivity index (χ4n) is 2.30. The summed E-state index contributed by atoms with van der Waals surface area (Å²) in [6.07, 6.45) is 1.64. The predicted octanol–water partition coefficient (Wildman–Crippen LogP) is 4.20. The number of hydrogen-bond donors (Lipinski definition) is 2. The number of furan rings is 1. The maximum absolute atomic E-state index is 12.3. The number of likely N-dealkylation sites (N-methyl/N-ethyl adjacent to an activating group) is 1. The van der Waals surface area contributed by atoms with Crippen molar-refractivity contribution in [1.82, 2.24) is 10.2 Å². The van der Waals surface area contributed by atoms with Crippen LogP contribution < -0.4 is 10.6 Å². The van der Waals surface area contributed by atoms with Gasteiger partial charge in [-0.05, 0) is 38.4 Å². The highest BCUT2D eigenvalue weighted by Crippen LogP contribution is 2.30. The van der Waals surface area contributed by atoms with Gasteiger partial charge in [0.05, 0.1) is 18.0 Å². The van der Waals surface area contributed by atoms with E-state index in [2.05, 4.69) is 24.5 Å². The normalized spacial score (nSPS) is 12.4. The number of amides is 2. The van der Waals surface area contributed by atoms with Crippen molar-refractivity contribution in [2.24, 2.45) is 0 Å². The lowest BCUT2D eigenvalue weighted by Crippen LogP contribution is -2.36. The molecule has 0 aliphatic carbocycles. The minimum atomic E-state index is -0.217. The largest absolute Gasteiger partial charge is 0.468 e. The Morgan fingerprint density at radius 3 is 2.58 bits per heavy atom. The van der Waals surface area contributed by atoms with Crippen LogP contribution in [0, 0.1) is 0 Å². The standard InChI is InChI=1S/C18H25N3O2S/c1-13(2)24-17-10-6-5-8-14(17)20-18(22)19-12-15(21(3)4)16-9-7-11-23-16/h5-11,13,15H,12H2,1-4H3,(H2,19,20,22). The maximum atomic E-state index is 12.3. The number of carbonyl (C=O) groups is 1. The molecule has 1 heterocycles. The number of rotatable bonds is 7. The highest BCUT2D eigenvalue weighted by molar-refractivity contribution is 8.00. The number of thioether (sulfide) groups is 1. The van der Waals surface area contributed by atoms with Crippen molar-refractivity contribution in [2.45, 2.75) is 30.0 Å². The summed E-state index contributed by atoms with van der Waals surface area (Å²) in [7, 11) is 3.92. The lowest BCUT2D eigenvalue weighted by atomic mass is 10.2. The van der Waals surface area contributed by atoms with Gasteiger partial charge in [0, 0.05) is 16.7 Å². The van der Waals surface area contributed by atoms with E-state index in [9.17, 15) is 4.79 Å². The topological polar surface area (TPSA) is 57.5 Å². The molecule has 1 unspecified atom stereocenters. The van der Waals surface area contributed by atoms with E-state index in [0.717, 1.165) is 16.3 Å². The fourth-order valence-corrected chi connectivity index (χ4v) is 3.21. The number of hydrogen-bond acceptors (Lipinski definition) is 4. The number of urea groups is 1. The predicted molar refractivity (Wildman–Crippen MR) is 99.6 cm³/mol. The second kappa shape index (κ2) is 8.80. The number of para-hydroxylation sites is 1. The van der Waals surface area contributed by atoms with Gasteiger partial charge in [0.15, 0.2) is 0 Å². The van der Waals surface area contributed by atoms with E-state index in [4.69, 9.17) is 4.42 Å². The summed E-state index contributed by atoms with van der Waals surface area (Å²) in [4.78, 5) is 15.3. The summed E-state index contributed by atoms with van der Waals surface area (Å²) in [6, 6.07) is 11.4. The number of nitrogens with one attached hydrogen (secondary N) is 2. The third-order valence-electron chi connectivity index (χ3n) is 3.45. The van der Waals surface area contributed by atoms with Gasteiger partial charge in [0.25, 0.3) is 0 Å². The molecule has 0 saturated carbocycles. The first kappa shape index (κ1) is 18.4. The summed E-state index contributed by atoms with van der Waals surface area (Å²) in [5, 5.41) is 6.31. The molecule has 24 heavy (non-hydrogen) atoms. The SMILES string of the molecule is CC(C)Sc1ccccc1NC(=O)NCC(c1ccco1)N(C)C. The molecule has 2 amide bonds. The summed E-state index contributed by atoms with van der Waals surface area (Å²) in [5.41, 5.74) is 0.827. The molecule has 2 rings (SSSR count). The van der Waals surface area contributed by atoms with Crippen LogP contribution in [0.15, 0.2) is 52.0 Å². The molecule has 6 heteroatoms. The van der Waals surface area contributed by atoms with Crippen molar-refractivity contribution in [3.63, 3.8) is 0 Å². The monoisotopic (exact) mass is 347 g/mol. The zero-order valence-corrected chi connectivity index (χ0v) is 15.4. The molecular weight excluding hydrogens is 322 g/mol. The molecule has 0 radical (unpaired) electrons. The first-order valence-corrected chi connectivity index (χ1v) is 8.85. The van der Waals surface area contributed by atoms with Crippen molar-refractivity contribution in [2.75, 3.05) is 26.0 Å². The van der Waals surface area contributed by atoms with Crippen molar-refractivity contribution in [3.8, 4) is 0 Å². The van der Waals surface area contributed by atoms with Crippen LogP contribution in [0.25, 0.3) is 0 Å². The first-order valence-electron chi connectivity index (χ1n) is 7.97. The van der Waals surface area contributed by atoms with Crippen LogP contribution in [0.4, 0.5) is 10.5 Å². The van der Waals surface area contributed by atoms with Crippen LogP contribution in [-0.4, -0.2) is 36.8 Å². The van der Waals surface area contributed by atoms with Gasteiger partial charge in [0.2, 0.25) is 0 Å². The number of benzene rings is 1. The number of carbonyl (C=O) groups excluding carboxylic acids is 1. The molecule has 130 valence electrons. The van der Waals surface area contributed by atoms with Gasteiger partial charge in [-0.15, -0.1) is 11.8 Å². The average molecular weight is 347 g/mol. The van der Waals surface area contributed by atoms with Crippen LogP contribution in [-0.2, 0) is 0 Å². The second-order valence-corrected chi connectivity index (χ2v) is 7.61. The van der Waals surface area contributed by atoms with E-state index >= 15 is 0 Å². The van der Waals surface area contributed by atoms with E-state index < -0.39 is 0 Å². The van der Waals surface area contributed by atoms with E-state index in [1.807, 2.05) is 55.4 Å². The first-order chi connectivity index (χ1) is 11.5. The summed E-state index contributed by atoms with van der Waals surface area (Å²) >= 11 is 1.73. The van der Waals surface area contributed by atoms with Gasteiger partial charge in [-0.3, -0.25) is 4.90 Å². The Kier molecular flexibility index (Phi) is 6.75. The van der Waals surface area contributed by atoms with Gasteiger partial charge in [-0.1, -0.05) is 26.0 Å². The van der Waals surface area contributed by atoms with Crippen molar-refractivity contribution < 1.29 is 9.21 Å². The molecule has 0 spiro atoms. The zero-order valence-electron chi connectivity index (χ0n) is 14.6. The van der Waals surface area contributed by atoms with Gasteiger partial charge < -0.3 is 15.1 Å². The summed E-state index contributed by atoms with van der Waals surface area (Å²) in [5.74, 6) is 0.830. The number of nitrogens with zero attached hydrogens (tertiary/aromatic N) is 1. The second-order valence-electron chi connectivity index (χ2n) is 5.99. The molecule has 2 N–H and O–H groups in total. The van der Waals surface area contributed by atoms with E-state index in [0.29, 0.717) is 11.8 Å². The smallest absolute Gasteiger partial charge is 0.319 e.